The first-order valence-corrected chi connectivity index (χ1v) is 9.29. The number of esters is 1. The predicted octanol–water partition coefficient (Wildman–Crippen LogP) is 3.89. The summed E-state index contributed by atoms with van der Waals surface area (Å²) >= 11 is 5.97. The number of hydrogen-bond donors (Lipinski definition) is 1. The maximum Gasteiger partial charge on any atom is 0.417 e. The minimum Gasteiger partial charge on any atom is -0.465 e. The number of aromatic nitrogens is 1. The van der Waals surface area contributed by atoms with Gasteiger partial charge in [-0.15, -0.1) is 0 Å². The first-order chi connectivity index (χ1) is 14.2. The van der Waals surface area contributed by atoms with E-state index in [2.05, 4.69) is 15.0 Å². The van der Waals surface area contributed by atoms with Crippen LogP contribution in [0.1, 0.15) is 15.9 Å². The van der Waals surface area contributed by atoms with Crippen molar-refractivity contribution in [1.29, 1.82) is 0 Å². The molecule has 0 atom stereocenters. The van der Waals surface area contributed by atoms with Gasteiger partial charge in [0.25, 0.3) is 0 Å². The second-order valence-corrected chi connectivity index (χ2v) is 6.90. The minimum absolute atomic E-state index is 0.134. The summed E-state index contributed by atoms with van der Waals surface area (Å²) in [5.41, 5.74) is -0.287. The van der Waals surface area contributed by atoms with Gasteiger partial charge in [-0.05, 0) is 30.3 Å². The fourth-order valence-corrected chi connectivity index (χ4v) is 3.15. The molecule has 1 aliphatic heterocycles. The zero-order valence-electron chi connectivity index (χ0n) is 15.9. The molecule has 1 fully saturated rings. The number of amides is 2. The highest BCUT2D eigenvalue weighted by Crippen LogP contribution is 2.29. The van der Waals surface area contributed by atoms with E-state index in [1.54, 1.807) is 11.0 Å². The summed E-state index contributed by atoms with van der Waals surface area (Å²) in [5, 5.41) is 2.90. The average molecular weight is 443 g/mol. The van der Waals surface area contributed by atoms with Gasteiger partial charge in [-0.2, -0.15) is 13.2 Å². The maximum atomic E-state index is 12.7. The number of nitrogens with one attached hydrogen (secondary N) is 1. The number of methoxy groups -OCH3 is 1. The lowest BCUT2D eigenvalue weighted by Crippen LogP contribution is -2.50. The molecule has 0 spiro atoms. The van der Waals surface area contributed by atoms with Crippen LogP contribution in [0, 0.1) is 0 Å². The van der Waals surface area contributed by atoms with Crippen LogP contribution in [0.25, 0.3) is 0 Å². The van der Waals surface area contributed by atoms with Gasteiger partial charge in [-0.25, -0.2) is 14.6 Å². The van der Waals surface area contributed by atoms with E-state index in [-0.39, 0.29) is 16.6 Å². The molecule has 160 valence electrons. The Labute approximate surface area is 175 Å². The number of nitrogens with zero attached hydrogens (tertiary/aromatic N) is 3. The minimum atomic E-state index is -4.43. The largest absolute Gasteiger partial charge is 0.465 e. The third-order valence-corrected chi connectivity index (χ3v) is 4.92. The van der Waals surface area contributed by atoms with Crippen molar-refractivity contribution in [2.24, 2.45) is 0 Å². The van der Waals surface area contributed by atoms with Crippen molar-refractivity contribution in [3.8, 4) is 0 Å². The Morgan fingerprint density at radius 2 is 1.83 bits per heavy atom. The highest BCUT2D eigenvalue weighted by Gasteiger charge is 2.31. The number of anilines is 2. The smallest absolute Gasteiger partial charge is 0.417 e. The van der Waals surface area contributed by atoms with Crippen LogP contribution >= 0.6 is 11.6 Å². The fourth-order valence-electron chi connectivity index (χ4n) is 2.95. The Hall–Kier alpha value is -3.01. The highest BCUT2D eigenvalue weighted by molar-refractivity contribution is 6.33. The molecule has 3 rings (SSSR count). The molecule has 1 saturated heterocycles. The van der Waals surface area contributed by atoms with Crippen LogP contribution in [-0.2, 0) is 10.9 Å². The molecule has 1 aliphatic rings. The topological polar surface area (TPSA) is 74.8 Å². The molecular formula is C19H18ClF3N4O3. The zero-order chi connectivity index (χ0) is 21.9. The number of carbonyl (C=O) groups excluding carboxylic acids is 2. The van der Waals surface area contributed by atoms with Crippen molar-refractivity contribution in [2.45, 2.75) is 6.18 Å². The van der Waals surface area contributed by atoms with Crippen LogP contribution in [0.2, 0.25) is 5.02 Å². The molecular weight excluding hydrogens is 425 g/mol. The Bertz CT molecular complexity index is 930. The van der Waals surface area contributed by atoms with E-state index >= 15 is 0 Å². The molecule has 2 amide bonds. The second kappa shape index (κ2) is 8.78. The van der Waals surface area contributed by atoms with Crippen molar-refractivity contribution in [3.63, 3.8) is 0 Å². The van der Waals surface area contributed by atoms with Gasteiger partial charge in [0.15, 0.2) is 0 Å². The van der Waals surface area contributed by atoms with Gasteiger partial charge in [0.05, 0.1) is 23.3 Å². The predicted molar refractivity (Wildman–Crippen MR) is 105 cm³/mol. The van der Waals surface area contributed by atoms with Crippen molar-refractivity contribution in [2.75, 3.05) is 43.5 Å². The number of benzene rings is 1. The molecule has 1 aromatic heterocycles. The number of pyridine rings is 1. The van der Waals surface area contributed by atoms with Gasteiger partial charge in [-0.1, -0.05) is 11.6 Å². The van der Waals surface area contributed by atoms with Gasteiger partial charge < -0.3 is 19.9 Å². The summed E-state index contributed by atoms with van der Waals surface area (Å²) in [6.07, 6.45) is -3.63. The summed E-state index contributed by atoms with van der Waals surface area (Å²) < 4.78 is 42.6. The highest BCUT2D eigenvalue weighted by atomic mass is 35.5. The van der Waals surface area contributed by atoms with E-state index in [1.807, 2.05) is 4.90 Å². The van der Waals surface area contributed by atoms with Crippen LogP contribution in [0.3, 0.4) is 0 Å². The number of piperazine rings is 1. The van der Waals surface area contributed by atoms with E-state index in [0.717, 1.165) is 12.3 Å². The van der Waals surface area contributed by atoms with Gasteiger partial charge in [-0.3, -0.25) is 0 Å². The van der Waals surface area contributed by atoms with Gasteiger partial charge >= 0.3 is 18.2 Å². The van der Waals surface area contributed by atoms with Crippen molar-refractivity contribution in [3.05, 3.63) is 52.7 Å². The summed E-state index contributed by atoms with van der Waals surface area (Å²) in [4.78, 5) is 31.5. The van der Waals surface area contributed by atoms with E-state index in [0.29, 0.717) is 37.7 Å². The molecule has 0 aliphatic carbocycles. The Balaban J connectivity index is 1.59. The molecule has 0 radical (unpaired) electrons. The molecule has 2 heterocycles. The van der Waals surface area contributed by atoms with E-state index in [1.165, 1.54) is 25.3 Å². The van der Waals surface area contributed by atoms with Gasteiger partial charge in [0, 0.05) is 38.1 Å². The lowest BCUT2D eigenvalue weighted by Gasteiger charge is -2.35. The Morgan fingerprint density at radius 1 is 1.13 bits per heavy atom. The van der Waals surface area contributed by atoms with E-state index in [4.69, 9.17) is 11.6 Å². The lowest BCUT2D eigenvalue weighted by atomic mass is 10.2. The first kappa shape index (κ1) is 21.7. The van der Waals surface area contributed by atoms with E-state index in [9.17, 15) is 22.8 Å². The molecule has 0 bridgehead atoms. The normalized spacial score (nSPS) is 14.4. The molecule has 0 unspecified atom stereocenters. The standard InChI is InChI=1S/C19H18ClF3N4O3/c1-30-17(28)14-10-13(3-4-15(14)20)25-18(29)27-8-6-26(7-9-27)16-5-2-12(11-24-16)19(21,22)23/h2-5,10-11H,6-9H2,1H3,(H,25,29). The molecule has 2 aromatic rings. The van der Waals surface area contributed by atoms with Crippen LogP contribution in [0.4, 0.5) is 29.5 Å². The van der Waals surface area contributed by atoms with Crippen molar-refractivity contribution < 1.29 is 27.5 Å². The van der Waals surface area contributed by atoms with Crippen LogP contribution in [-0.4, -0.2) is 55.2 Å². The average Bonchev–Trinajstić information content (AvgIpc) is 2.74. The number of ether oxygens (including phenoxy) is 1. The molecule has 7 nitrogen and oxygen atoms in total. The van der Waals surface area contributed by atoms with Crippen molar-refractivity contribution >= 4 is 35.1 Å². The van der Waals surface area contributed by atoms with Crippen molar-refractivity contribution in [1.82, 2.24) is 9.88 Å². The van der Waals surface area contributed by atoms with Crippen LogP contribution < -0.4 is 10.2 Å². The Kier molecular flexibility index (Phi) is 6.35. The monoisotopic (exact) mass is 442 g/mol. The first-order valence-electron chi connectivity index (χ1n) is 8.91. The van der Waals surface area contributed by atoms with Gasteiger partial charge in [0.2, 0.25) is 0 Å². The summed E-state index contributed by atoms with van der Waals surface area (Å²) in [5.74, 6) is -0.197. The fraction of sp³-hybridized carbons (Fsp3) is 0.316. The lowest BCUT2D eigenvalue weighted by molar-refractivity contribution is -0.137. The summed E-state index contributed by atoms with van der Waals surface area (Å²) in [7, 11) is 1.23. The summed E-state index contributed by atoms with van der Waals surface area (Å²) in [6.45, 7) is 1.54. The Morgan fingerprint density at radius 3 is 2.40 bits per heavy atom. The van der Waals surface area contributed by atoms with Crippen LogP contribution in [0.15, 0.2) is 36.5 Å². The zero-order valence-corrected chi connectivity index (χ0v) is 16.6. The maximum absolute atomic E-state index is 12.7. The number of alkyl halides is 3. The summed E-state index contributed by atoms with van der Waals surface area (Å²) in [6, 6.07) is 6.41. The number of halogens is 4. The number of hydrogen-bond acceptors (Lipinski definition) is 5. The molecule has 1 N–H and O–H groups in total. The molecule has 0 saturated carbocycles. The third kappa shape index (κ3) is 4.93. The number of urea groups is 1. The molecule has 30 heavy (non-hydrogen) atoms. The quantitative estimate of drug-likeness (QED) is 0.730. The van der Waals surface area contributed by atoms with Gasteiger partial charge in [0.1, 0.15) is 5.82 Å². The number of rotatable bonds is 3. The van der Waals surface area contributed by atoms with Crippen LogP contribution in [0.5, 0.6) is 0 Å². The van der Waals surface area contributed by atoms with E-state index < -0.39 is 17.7 Å². The SMILES string of the molecule is COC(=O)c1cc(NC(=O)N2CCN(c3ccc(C(F)(F)F)cn3)CC2)ccc1Cl. The molecule has 1 aromatic carbocycles. The molecule has 11 heteroatoms. The second-order valence-electron chi connectivity index (χ2n) is 6.49. The third-order valence-electron chi connectivity index (χ3n) is 4.59. The number of carbonyl (C=O) groups is 2.